The maximum atomic E-state index is 13.1. The van der Waals surface area contributed by atoms with Crippen molar-refractivity contribution in [3.63, 3.8) is 0 Å². The summed E-state index contributed by atoms with van der Waals surface area (Å²) in [5, 5.41) is 4.71. The number of nitrogens with zero attached hydrogens (tertiary/aromatic N) is 1. The van der Waals surface area contributed by atoms with E-state index in [1.54, 1.807) is 0 Å². The topological polar surface area (TPSA) is 69.6 Å². The molecule has 1 amide bonds. The van der Waals surface area contributed by atoms with E-state index in [4.69, 9.17) is 21.1 Å². The lowest BCUT2D eigenvalue weighted by molar-refractivity contribution is -0.154. The third-order valence-electron chi connectivity index (χ3n) is 6.88. The van der Waals surface area contributed by atoms with E-state index in [2.05, 4.69) is 5.32 Å². The minimum atomic E-state index is -0.679. The molecule has 1 aliphatic rings. The van der Waals surface area contributed by atoms with Crippen LogP contribution in [0.15, 0.2) is 42.5 Å². The largest absolute Gasteiger partial charge is 0.465 e. The fraction of sp³-hybridized carbons (Fsp3) is 0.407. The van der Waals surface area contributed by atoms with Crippen molar-refractivity contribution in [3.05, 3.63) is 69.9 Å². The number of hydrogen-bond donors (Lipinski definition) is 1. The highest BCUT2D eigenvalue weighted by Gasteiger charge is 2.43. The van der Waals surface area contributed by atoms with Gasteiger partial charge in [-0.15, -0.1) is 0 Å². The minimum Gasteiger partial charge on any atom is -0.465 e. The molecule has 0 aliphatic carbocycles. The second kappa shape index (κ2) is 9.80. The number of hydrogen-bond acceptors (Lipinski definition) is 4. The minimum absolute atomic E-state index is 0.156. The molecule has 34 heavy (non-hydrogen) atoms. The monoisotopic (exact) mass is 482 g/mol. The molecule has 180 valence electrons. The number of carbonyl (C=O) groups is 2. The lowest BCUT2D eigenvalue weighted by Gasteiger charge is -2.35. The van der Waals surface area contributed by atoms with Gasteiger partial charge in [0.15, 0.2) is 0 Å². The van der Waals surface area contributed by atoms with E-state index in [1.165, 1.54) is 0 Å². The first kappa shape index (κ1) is 24.3. The Balaban J connectivity index is 1.53. The van der Waals surface area contributed by atoms with Gasteiger partial charge < -0.3 is 19.4 Å². The number of ether oxygens (including phenoxy) is 2. The average Bonchev–Trinajstić information content (AvgIpc) is 3.15. The predicted molar refractivity (Wildman–Crippen MR) is 133 cm³/mol. The van der Waals surface area contributed by atoms with Gasteiger partial charge >= 0.3 is 5.97 Å². The van der Waals surface area contributed by atoms with Gasteiger partial charge in [-0.3, -0.25) is 9.59 Å². The van der Waals surface area contributed by atoms with Crippen molar-refractivity contribution >= 4 is 34.4 Å². The fourth-order valence-electron chi connectivity index (χ4n) is 4.72. The molecule has 0 saturated carbocycles. The summed E-state index contributed by atoms with van der Waals surface area (Å²) in [5.41, 5.74) is 3.72. The van der Waals surface area contributed by atoms with Crippen molar-refractivity contribution in [1.82, 2.24) is 9.88 Å². The van der Waals surface area contributed by atoms with Crippen LogP contribution < -0.4 is 5.32 Å². The molecule has 1 aromatic heterocycles. The van der Waals surface area contributed by atoms with Gasteiger partial charge in [-0.1, -0.05) is 35.9 Å². The van der Waals surface area contributed by atoms with Gasteiger partial charge in [-0.2, -0.15) is 0 Å². The zero-order valence-electron chi connectivity index (χ0n) is 20.1. The summed E-state index contributed by atoms with van der Waals surface area (Å²) >= 11 is 6.26. The van der Waals surface area contributed by atoms with Crippen LogP contribution in [0.4, 0.5) is 0 Å². The SMILES string of the molecule is CCOC(=O)C1(c2ccc([C@@H](C)NC(=O)c3cc4cc(Cl)c(C)cc4n3C)cc2)CCOCC1. The molecular formula is C27H31ClN2O4. The highest BCUT2D eigenvalue weighted by molar-refractivity contribution is 6.32. The summed E-state index contributed by atoms with van der Waals surface area (Å²) in [6.45, 7) is 7.14. The molecule has 1 N–H and O–H groups in total. The summed E-state index contributed by atoms with van der Waals surface area (Å²) in [6.07, 6.45) is 1.20. The van der Waals surface area contributed by atoms with Crippen molar-refractivity contribution in [2.45, 2.75) is 45.1 Å². The third kappa shape index (κ3) is 4.44. The number of amides is 1. The van der Waals surface area contributed by atoms with Crippen molar-refractivity contribution in [2.24, 2.45) is 7.05 Å². The molecule has 3 aromatic rings. The molecule has 1 aliphatic heterocycles. The number of benzene rings is 2. The normalized spacial score (nSPS) is 16.3. The standard InChI is InChI=1S/C27H31ClN2O4/c1-5-34-26(32)27(10-12-33-13-11-27)21-8-6-19(7-9-21)18(3)29-25(31)24-16-20-15-22(28)17(2)14-23(20)30(24)4/h6-9,14-16,18H,5,10-13H2,1-4H3,(H,29,31)/t18-/m1/s1. The van der Waals surface area contributed by atoms with Gasteiger partial charge in [0.25, 0.3) is 5.91 Å². The van der Waals surface area contributed by atoms with Gasteiger partial charge in [0.2, 0.25) is 0 Å². The number of rotatable bonds is 6. The van der Waals surface area contributed by atoms with Crippen LogP contribution in [0.25, 0.3) is 10.9 Å². The smallest absolute Gasteiger partial charge is 0.316 e. The van der Waals surface area contributed by atoms with E-state index < -0.39 is 5.41 Å². The maximum Gasteiger partial charge on any atom is 0.316 e. The molecule has 1 fully saturated rings. The Morgan fingerprint density at radius 3 is 2.50 bits per heavy atom. The average molecular weight is 483 g/mol. The summed E-state index contributed by atoms with van der Waals surface area (Å²) in [6, 6.07) is 13.4. The second-order valence-electron chi connectivity index (χ2n) is 8.98. The van der Waals surface area contributed by atoms with E-state index in [0.717, 1.165) is 27.6 Å². The molecule has 1 saturated heterocycles. The van der Waals surface area contributed by atoms with E-state index in [1.807, 2.05) is 74.9 Å². The summed E-state index contributed by atoms with van der Waals surface area (Å²) in [5.74, 6) is -0.352. The van der Waals surface area contributed by atoms with E-state index in [-0.39, 0.29) is 17.9 Å². The fourth-order valence-corrected chi connectivity index (χ4v) is 4.90. The van der Waals surface area contributed by atoms with Crippen LogP contribution in [0.5, 0.6) is 0 Å². The highest BCUT2D eigenvalue weighted by Crippen LogP contribution is 2.37. The maximum absolute atomic E-state index is 13.1. The Kier molecular flexibility index (Phi) is 7.01. The summed E-state index contributed by atoms with van der Waals surface area (Å²) in [4.78, 5) is 25.9. The lowest BCUT2D eigenvalue weighted by atomic mass is 9.74. The van der Waals surface area contributed by atoms with Gasteiger partial charge in [0.1, 0.15) is 5.69 Å². The molecule has 6 nitrogen and oxygen atoms in total. The Morgan fingerprint density at radius 1 is 1.18 bits per heavy atom. The Morgan fingerprint density at radius 2 is 1.85 bits per heavy atom. The van der Waals surface area contributed by atoms with E-state index >= 15 is 0 Å². The van der Waals surface area contributed by atoms with E-state index in [9.17, 15) is 9.59 Å². The molecule has 2 aromatic carbocycles. The molecule has 0 bridgehead atoms. The Bertz CT molecular complexity index is 1210. The second-order valence-corrected chi connectivity index (χ2v) is 9.39. The molecule has 0 spiro atoms. The first-order valence-electron chi connectivity index (χ1n) is 11.7. The van der Waals surface area contributed by atoms with E-state index in [0.29, 0.717) is 43.4 Å². The van der Waals surface area contributed by atoms with Crippen LogP contribution in [0.2, 0.25) is 5.02 Å². The molecule has 4 rings (SSSR count). The number of halogens is 1. The first-order chi connectivity index (χ1) is 16.3. The number of aromatic nitrogens is 1. The zero-order valence-corrected chi connectivity index (χ0v) is 20.9. The number of fused-ring (bicyclic) bond motifs is 1. The van der Waals surface area contributed by atoms with Crippen molar-refractivity contribution in [2.75, 3.05) is 19.8 Å². The molecule has 0 radical (unpaired) electrons. The van der Waals surface area contributed by atoms with Gasteiger partial charge in [-0.25, -0.2) is 0 Å². The Hall–Kier alpha value is -2.83. The first-order valence-corrected chi connectivity index (χ1v) is 12.1. The molecule has 1 atom stereocenters. The van der Waals surface area contributed by atoms with Crippen LogP contribution >= 0.6 is 11.6 Å². The van der Waals surface area contributed by atoms with Crippen LogP contribution in [-0.2, 0) is 26.7 Å². The van der Waals surface area contributed by atoms with Crippen LogP contribution in [0.1, 0.15) is 59.9 Å². The van der Waals surface area contributed by atoms with Crippen LogP contribution in [0, 0.1) is 6.92 Å². The molecule has 2 heterocycles. The van der Waals surface area contributed by atoms with Crippen LogP contribution in [0.3, 0.4) is 0 Å². The number of aryl methyl sites for hydroxylation is 2. The zero-order chi connectivity index (χ0) is 24.5. The summed E-state index contributed by atoms with van der Waals surface area (Å²) in [7, 11) is 1.88. The van der Waals surface area contributed by atoms with Crippen molar-refractivity contribution in [1.29, 1.82) is 0 Å². The summed E-state index contributed by atoms with van der Waals surface area (Å²) < 4.78 is 12.8. The predicted octanol–water partition coefficient (Wildman–Crippen LogP) is 5.24. The number of nitrogens with one attached hydrogen (secondary N) is 1. The van der Waals surface area contributed by atoms with Gasteiger partial charge in [-0.05, 0) is 68.5 Å². The van der Waals surface area contributed by atoms with Gasteiger partial charge in [0, 0.05) is 36.2 Å². The number of esters is 1. The lowest BCUT2D eigenvalue weighted by Crippen LogP contribution is -2.42. The van der Waals surface area contributed by atoms with Crippen LogP contribution in [-0.4, -0.2) is 36.3 Å². The quantitative estimate of drug-likeness (QED) is 0.487. The van der Waals surface area contributed by atoms with Crippen molar-refractivity contribution in [3.8, 4) is 0 Å². The third-order valence-corrected chi connectivity index (χ3v) is 7.29. The Labute approximate surface area is 205 Å². The molecular weight excluding hydrogens is 452 g/mol. The van der Waals surface area contributed by atoms with Gasteiger partial charge in [0.05, 0.1) is 18.1 Å². The highest BCUT2D eigenvalue weighted by atomic mass is 35.5. The van der Waals surface area contributed by atoms with Crippen molar-refractivity contribution < 1.29 is 19.1 Å². The number of carbonyl (C=O) groups excluding carboxylic acids is 2. The molecule has 7 heteroatoms. The molecule has 0 unspecified atom stereocenters.